The molecule has 9 aromatic rings. The maximum absolute atomic E-state index is 6.95. The van der Waals surface area contributed by atoms with Crippen molar-refractivity contribution < 1.29 is 13.9 Å². The smallest absolute Gasteiger partial charge is 0.181 e. The number of rotatable bonds is 4. The molecule has 0 fully saturated rings. The quantitative estimate of drug-likeness (QED) is 0.183. The fourth-order valence-corrected chi connectivity index (χ4v) is 8.29. The summed E-state index contributed by atoms with van der Waals surface area (Å²) in [4.78, 5) is 10.4. The minimum Gasteiger partial charge on any atom is -0.455 e. The summed E-state index contributed by atoms with van der Waals surface area (Å²) >= 11 is 0. The number of ether oxygens (including phenoxy) is 2. The van der Waals surface area contributed by atoms with Gasteiger partial charge in [-0.1, -0.05) is 141 Å². The van der Waals surface area contributed by atoms with Crippen LogP contribution < -0.4 is 9.47 Å². The lowest BCUT2D eigenvalue weighted by atomic mass is 9.82. The van der Waals surface area contributed by atoms with E-state index in [4.69, 9.17) is 23.9 Å². The Bertz CT molecular complexity index is 2960. The highest BCUT2D eigenvalue weighted by atomic mass is 16.6. The lowest BCUT2D eigenvalue weighted by molar-refractivity contribution is 0.361. The fourth-order valence-electron chi connectivity index (χ4n) is 8.29. The number of aromatic nitrogens is 2. The van der Waals surface area contributed by atoms with E-state index < -0.39 is 0 Å². The first-order valence-corrected chi connectivity index (χ1v) is 18.2. The van der Waals surface area contributed by atoms with Crippen molar-refractivity contribution in [3.63, 3.8) is 0 Å². The van der Waals surface area contributed by atoms with Crippen LogP contribution in [0.3, 0.4) is 0 Å². The van der Waals surface area contributed by atoms with Crippen LogP contribution in [-0.2, 0) is 5.41 Å². The molecule has 5 heteroatoms. The molecule has 11 rings (SSSR count). The molecule has 0 N–H and O–H groups in total. The zero-order valence-electron chi connectivity index (χ0n) is 29.6. The Labute approximate surface area is 312 Å². The third-order valence-electron chi connectivity index (χ3n) is 11.0. The van der Waals surface area contributed by atoms with Gasteiger partial charge in [0.1, 0.15) is 11.2 Å². The van der Waals surface area contributed by atoms with E-state index in [-0.39, 0.29) is 5.41 Å². The molecule has 0 amide bonds. The molecule has 256 valence electrons. The summed E-state index contributed by atoms with van der Waals surface area (Å²) in [5, 5.41) is 2.23. The molecular formula is C49H32N2O3. The van der Waals surface area contributed by atoms with Crippen molar-refractivity contribution in [3.05, 3.63) is 169 Å². The summed E-state index contributed by atoms with van der Waals surface area (Å²) in [5.74, 6) is 3.21. The van der Waals surface area contributed by atoms with Crippen molar-refractivity contribution in [2.75, 3.05) is 0 Å². The minimum atomic E-state index is -0.166. The van der Waals surface area contributed by atoms with Crippen LogP contribution in [0.4, 0.5) is 0 Å². The summed E-state index contributed by atoms with van der Waals surface area (Å²) in [7, 11) is 0. The minimum absolute atomic E-state index is 0.166. The van der Waals surface area contributed by atoms with E-state index in [1.54, 1.807) is 0 Å². The van der Waals surface area contributed by atoms with E-state index in [2.05, 4.69) is 111 Å². The SMILES string of the molecule is CC1(C)c2ccccc2-c2c1ccc1c2Oc2c(cccc2-c2nc(-c3ccccc3)cc(-c3ccc(-c4cccc5c4oc4ccccc45)cc3)n2)O1. The molecule has 0 unspecified atom stereocenters. The first kappa shape index (κ1) is 30.6. The molecular weight excluding hydrogens is 665 g/mol. The van der Waals surface area contributed by atoms with E-state index in [9.17, 15) is 0 Å². The third-order valence-corrected chi connectivity index (χ3v) is 11.0. The molecule has 3 heterocycles. The van der Waals surface area contributed by atoms with Gasteiger partial charge < -0.3 is 13.9 Å². The highest BCUT2D eigenvalue weighted by Gasteiger charge is 2.40. The van der Waals surface area contributed by atoms with Gasteiger partial charge in [0.2, 0.25) is 0 Å². The van der Waals surface area contributed by atoms with Crippen LogP contribution in [0, 0.1) is 0 Å². The van der Waals surface area contributed by atoms with E-state index in [0.717, 1.165) is 72.5 Å². The number of furan rings is 1. The van der Waals surface area contributed by atoms with Gasteiger partial charge in [-0.25, -0.2) is 9.97 Å². The van der Waals surface area contributed by atoms with Gasteiger partial charge >= 0.3 is 0 Å². The van der Waals surface area contributed by atoms with Gasteiger partial charge in [-0.15, -0.1) is 0 Å². The van der Waals surface area contributed by atoms with E-state index in [1.807, 2.05) is 60.7 Å². The van der Waals surface area contributed by atoms with Gasteiger partial charge in [0.25, 0.3) is 0 Å². The molecule has 2 aromatic heterocycles. The van der Waals surface area contributed by atoms with E-state index in [1.165, 1.54) is 16.7 Å². The second kappa shape index (κ2) is 11.5. The Kier molecular flexibility index (Phi) is 6.53. The van der Waals surface area contributed by atoms with Crippen LogP contribution in [-0.4, -0.2) is 9.97 Å². The second-order valence-corrected chi connectivity index (χ2v) is 14.5. The number of benzene rings is 7. The predicted octanol–water partition coefficient (Wildman–Crippen LogP) is 13.2. The van der Waals surface area contributed by atoms with Crippen molar-refractivity contribution in [2.24, 2.45) is 0 Å². The van der Waals surface area contributed by atoms with Gasteiger partial charge in [0.15, 0.2) is 28.8 Å². The van der Waals surface area contributed by atoms with Crippen LogP contribution >= 0.6 is 0 Å². The normalized spacial score (nSPS) is 13.4. The molecule has 0 bridgehead atoms. The standard InChI is InChI=1S/C49H32N2O3/c1-49(2)37-19-8-6-15-35(37)44-38(49)26-27-43-47(44)54-46-36(18-11-21-42(46)52-43)48-50-39(30-12-4-3-5-13-30)28-40(51-48)31-24-22-29(23-25-31)32-16-10-17-34-33-14-7-9-20-41(33)53-45(32)34/h3-28H,1-2H3. The maximum atomic E-state index is 6.95. The van der Waals surface area contributed by atoms with Crippen LogP contribution in [0.2, 0.25) is 0 Å². The number of nitrogens with zero attached hydrogens (tertiary/aromatic N) is 2. The average molecular weight is 697 g/mol. The fraction of sp³-hybridized carbons (Fsp3) is 0.0612. The molecule has 0 saturated carbocycles. The summed E-state index contributed by atoms with van der Waals surface area (Å²) in [6.07, 6.45) is 0. The van der Waals surface area contributed by atoms with Gasteiger partial charge in [0, 0.05) is 38.4 Å². The first-order chi connectivity index (χ1) is 26.5. The highest BCUT2D eigenvalue weighted by molar-refractivity contribution is 6.09. The van der Waals surface area contributed by atoms with Crippen LogP contribution in [0.25, 0.3) is 78.1 Å². The Morgan fingerprint density at radius 1 is 0.463 bits per heavy atom. The van der Waals surface area contributed by atoms with Crippen molar-refractivity contribution in [2.45, 2.75) is 19.3 Å². The number of para-hydroxylation sites is 3. The summed E-state index contributed by atoms with van der Waals surface area (Å²) < 4.78 is 19.9. The van der Waals surface area contributed by atoms with Crippen molar-refractivity contribution in [1.29, 1.82) is 0 Å². The van der Waals surface area contributed by atoms with Crippen LogP contribution in [0.15, 0.2) is 162 Å². The molecule has 0 spiro atoms. The largest absolute Gasteiger partial charge is 0.455 e. The summed E-state index contributed by atoms with van der Waals surface area (Å²) in [5.41, 5.74) is 12.8. The Morgan fingerprint density at radius 3 is 1.96 bits per heavy atom. The zero-order valence-corrected chi connectivity index (χ0v) is 29.6. The van der Waals surface area contributed by atoms with Crippen LogP contribution in [0.1, 0.15) is 25.0 Å². The van der Waals surface area contributed by atoms with Crippen LogP contribution in [0.5, 0.6) is 23.0 Å². The number of hydrogen-bond donors (Lipinski definition) is 0. The number of fused-ring (bicyclic) bond motifs is 9. The molecule has 2 aliphatic rings. The summed E-state index contributed by atoms with van der Waals surface area (Å²) in [6.45, 7) is 4.53. The van der Waals surface area contributed by atoms with Gasteiger partial charge in [-0.3, -0.25) is 0 Å². The van der Waals surface area contributed by atoms with Gasteiger partial charge in [-0.05, 0) is 52.6 Å². The van der Waals surface area contributed by atoms with E-state index in [0.29, 0.717) is 23.1 Å². The molecule has 0 radical (unpaired) electrons. The highest BCUT2D eigenvalue weighted by Crippen LogP contribution is 2.59. The van der Waals surface area contributed by atoms with E-state index >= 15 is 0 Å². The van der Waals surface area contributed by atoms with Crippen molar-refractivity contribution in [1.82, 2.24) is 9.97 Å². The zero-order chi connectivity index (χ0) is 36.0. The first-order valence-electron chi connectivity index (χ1n) is 18.2. The lowest BCUT2D eigenvalue weighted by Gasteiger charge is -2.26. The van der Waals surface area contributed by atoms with Crippen molar-refractivity contribution in [3.8, 4) is 79.2 Å². The van der Waals surface area contributed by atoms with Gasteiger partial charge in [-0.2, -0.15) is 0 Å². The second-order valence-electron chi connectivity index (χ2n) is 14.5. The Morgan fingerprint density at radius 2 is 1.11 bits per heavy atom. The topological polar surface area (TPSA) is 57.4 Å². The molecule has 7 aromatic carbocycles. The Hall–Kier alpha value is -6.98. The summed E-state index contributed by atoms with van der Waals surface area (Å²) in [6, 6.07) is 54.0. The number of hydrogen-bond acceptors (Lipinski definition) is 5. The molecule has 1 aliphatic carbocycles. The molecule has 0 saturated heterocycles. The monoisotopic (exact) mass is 696 g/mol. The van der Waals surface area contributed by atoms with Crippen molar-refractivity contribution >= 4 is 21.9 Å². The third kappa shape index (κ3) is 4.58. The molecule has 0 atom stereocenters. The maximum Gasteiger partial charge on any atom is 0.181 e. The van der Waals surface area contributed by atoms with Gasteiger partial charge in [0.05, 0.1) is 17.0 Å². The Balaban J connectivity index is 1.03. The molecule has 1 aliphatic heterocycles. The molecule has 5 nitrogen and oxygen atoms in total. The lowest BCUT2D eigenvalue weighted by Crippen LogP contribution is -2.15. The predicted molar refractivity (Wildman–Crippen MR) is 215 cm³/mol. The average Bonchev–Trinajstić information content (AvgIpc) is 3.72. The molecule has 54 heavy (non-hydrogen) atoms.